The zero-order valence-corrected chi connectivity index (χ0v) is 15.3. The van der Waals surface area contributed by atoms with Crippen molar-refractivity contribution in [1.29, 1.82) is 0 Å². The van der Waals surface area contributed by atoms with E-state index in [1.165, 1.54) is 6.92 Å². The molecule has 0 aliphatic carbocycles. The summed E-state index contributed by atoms with van der Waals surface area (Å²) in [7, 11) is 0. The van der Waals surface area contributed by atoms with Gasteiger partial charge in [-0.2, -0.15) is 26.3 Å². The number of halogens is 6. The van der Waals surface area contributed by atoms with Crippen molar-refractivity contribution < 1.29 is 40.7 Å². The van der Waals surface area contributed by atoms with E-state index in [0.717, 1.165) is 0 Å². The van der Waals surface area contributed by atoms with Gasteiger partial charge in [0, 0.05) is 0 Å². The second kappa shape index (κ2) is 8.27. The number of nitrogens with two attached hydrogens (primary N) is 1. The number of benzene rings is 1. The van der Waals surface area contributed by atoms with E-state index in [9.17, 15) is 35.9 Å². The van der Waals surface area contributed by atoms with Gasteiger partial charge in [-0.1, -0.05) is 13.8 Å². The molecule has 158 valence electrons. The lowest BCUT2D eigenvalue weighted by molar-refractivity contribution is -0.143. The highest BCUT2D eigenvalue weighted by atomic mass is 19.4. The molecule has 0 aliphatic rings. The van der Waals surface area contributed by atoms with Crippen molar-refractivity contribution in [3.63, 3.8) is 0 Å². The summed E-state index contributed by atoms with van der Waals surface area (Å²) in [6, 6.07) is 0.646. The van der Waals surface area contributed by atoms with E-state index < -0.39 is 53.2 Å². The maximum Gasteiger partial charge on any atom is 0.416 e. The number of hydrogen-bond donors (Lipinski definition) is 2. The lowest BCUT2D eigenvalue weighted by Crippen LogP contribution is -2.57. The van der Waals surface area contributed by atoms with Crippen LogP contribution in [0.15, 0.2) is 18.2 Å². The van der Waals surface area contributed by atoms with Crippen LogP contribution in [-0.4, -0.2) is 24.0 Å². The molecule has 2 amide bonds. The SMILES string of the molecule is CC(C)CC(C)(NC(=O)COc1cc(C(F)(F)F)cc(C(F)(F)F)c1)C(N)=O. The molecule has 3 N–H and O–H groups in total. The van der Waals surface area contributed by atoms with Gasteiger partial charge in [-0.25, -0.2) is 0 Å². The number of amides is 2. The van der Waals surface area contributed by atoms with Gasteiger partial charge in [0.25, 0.3) is 5.91 Å². The van der Waals surface area contributed by atoms with Gasteiger partial charge >= 0.3 is 12.4 Å². The summed E-state index contributed by atoms with van der Waals surface area (Å²) in [4.78, 5) is 23.6. The molecular formula is C17H20F6N2O3. The van der Waals surface area contributed by atoms with Crippen LogP contribution in [-0.2, 0) is 21.9 Å². The quantitative estimate of drug-likeness (QED) is 0.670. The van der Waals surface area contributed by atoms with Crippen LogP contribution in [0.25, 0.3) is 0 Å². The van der Waals surface area contributed by atoms with Crippen LogP contribution in [0.2, 0.25) is 0 Å². The molecule has 1 rings (SSSR count). The Balaban J connectivity index is 2.99. The number of alkyl halides is 6. The Morgan fingerprint density at radius 3 is 1.86 bits per heavy atom. The number of carbonyl (C=O) groups is 2. The average Bonchev–Trinajstić information content (AvgIpc) is 2.50. The fraction of sp³-hybridized carbons (Fsp3) is 0.529. The molecule has 5 nitrogen and oxygen atoms in total. The largest absolute Gasteiger partial charge is 0.484 e. The first-order chi connectivity index (χ1) is 12.5. The van der Waals surface area contributed by atoms with Crippen molar-refractivity contribution in [2.45, 2.75) is 45.1 Å². The van der Waals surface area contributed by atoms with Gasteiger partial charge in [-0.15, -0.1) is 0 Å². The molecule has 11 heteroatoms. The second-order valence-corrected chi connectivity index (χ2v) is 6.87. The third kappa shape index (κ3) is 6.61. The fourth-order valence-electron chi connectivity index (χ4n) is 2.53. The molecule has 28 heavy (non-hydrogen) atoms. The summed E-state index contributed by atoms with van der Waals surface area (Å²) in [5, 5.41) is 2.30. The Hall–Kier alpha value is -2.46. The van der Waals surface area contributed by atoms with Gasteiger partial charge in [0.2, 0.25) is 5.91 Å². The van der Waals surface area contributed by atoms with Crippen molar-refractivity contribution >= 4 is 11.8 Å². The van der Waals surface area contributed by atoms with Gasteiger partial charge in [-0.05, 0) is 37.5 Å². The van der Waals surface area contributed by atoms with E-state index in [0.29, 0.717) is 12.1 Å². The molecule has 0 bridgehead atoms. The first-order valence-electron chi connectivity index (χ1n) is 8.08. The summed E-state index contributed by atoms with van der Waals surface area (Å²) in [5.74, 6) is -2.58. The molecule has 0 radical (unpaired) electrons. The summed E-state index contributed by atoms with van der Waals surface area (Å²) >= 11 is 0. The molecule has 0 heterocycles. The number of nitrogens with one attached hydrogen (secondary N) is 1. The summed E-state index contributed by atoms with van der Waals surface area (Å²) in [5.41, 5.74) is 0.681. The van der Waals surface area contributed by atoms with Crippen molar-refractivity contribution in [2.24, 2.45) is 11.7 Å². The Morgan fingerprint density at radius 2 is 1.50 bits per heavy atom. The van der Waals surface area contributed by atoms with Crippen LogP contribution >= 0.6 is 0 Å². The highest BCUT2D eigenvalue weighted by molar-refractivity contribution is 5.90. The maximum absolute atomic E-state index is 12.8. The second-order valence-electron chi connectivity index (χ2n) is 6.87. The van der Waals surface area contributed by atoms with Crippen molar-refractivity contribution in [3.8, 4) is 5.75 Å². The van der Waals surface area contributed by atoms with E-state index >= 15 is 0 Å². The Bertz CT molecular complexity index is 698. The summed E-state index contributed by atoms with van der Waals surface area (Å²) in [6.45, 7) is 4.00. The molecule has 0 aliphatic heterocycles. The first kappa shape index (κ1) is 23.6. The standard InChI is InChI=1S/C17H20F6N2O3/c1-9(2)7-15(3,14(24)27)25-13(26)8-28-12-5-10(16(18,19)20)4-11(6-12)17(21,22)23/h4-6,9H,7-8H2,1-3H3,(H2,24,27)(H,25,26). The van der Waals surface area contributed by atoms with Gasteiger partial charge in [0.15, 0.2) is 6.61 Å². The highest BCUT2D eigenvalue weighted by Gasteiger charge is 2.37. The minimum Gasteiger partial charge on any atom is -0.484 e. The number of carbonyl (C=O) groups excluding carboxylic acids is 2. The minimum atomic E-state index is -5.04. The molecule has 1 atom stereocenters. The predicted molar refractivity (Wildman–Crippen MR) is 87.1 cm³/mol. The fourth-order valence-corrected chi connectivity index (χ4v) is 2.53. The van der Waals surface area contributed by atoms with Crippen LogP contribution in [0, 0.1) is 5.92 Å². The topological polar surface area (TPSA) is 81.4 Å². The zero-order chi connectivity index (χ0) is 21.9. The van der Waals surface area contributed by atoms with Gasteiger partial charge < -0.3 is 15.8 Å². The van der Waals surface area contributed by atoms with Crippen molar-refractivity contribution in [3.05, 3.63) is 29.3 Å². The Morgan fingerprint density at radius 1 is 1.04 bits per heavy atom. The van der Waals surface area contributed by atoms with Crippen LogP contribution in [0.1, 0.15) is 38.3 Å². The van der Waals surface area contributed by atoms with E-state index in [-0.39, 0.29) is 18.4 Å². The molecule has 0 saturated heterocycles. The number of rotatable bonds is 7. The summed E-state index contributed by atoms with van der Waals surface area (Å²) in [6.07, 6.45) is -9.90. The average molecular weight is 414 g/mol. The predicted octanol–water partition coefficient (Wildman–Crippen LogP) is 3.51. The van der Waals surface area contributed by atoms with E-state index in [4.69, 9.17) is 10.5 Å². The van der Waals surface area contributed by atoms with Gasteiger partial charge in [0.05, 0.1) is 11.1 Å². The third-order valence-electron chi connectivity index (χ3n) is 3.71. The summed E-state index contributed by atoms with van der Waals surface area (Å²) < 4.78 is 81.7. The lowest BCUT2D eigenvalue weighted by atomic mass is 9.90. The van der Waals surface area contributed by atoms with Crippen molar-refractivity contribution in [2.75, 3.05) is 6.61 Å². The Kier molecular flexibility index (Phi) is 6.97. The normalized spacial score (nSPS) is 14.5. The molecular weight excluding hydrogens is 394 g/mol. The van der Waals surface area contributed by atoms with E-state index in [1.54, 1.807) is 13.8 Å². The zero-order valence-electron chi connectivity index (χ0n) is 15.3. The molecule has 0 fully saturated rings. The Labute approximate surface area is 157 Å². The lowest BCUT2D eigenvalue weighted by Gasteiger charge is -2.29. The number of primary amides is 1. The van der Waals surface area contributed by atoms with E-state index in [2.05, 4.69) is 5.32 Å². The van der Waals surface area contributed by atoms with Crippen LogP contribution < -0.4 is 15.8 Å². The minimum absolute atomic E-state index is 0.0310. The highest BCUT2D eigenvalue weighted by Crippen LogP contribution is 2.38. The van der Waals surface area contributed by atoms with Crippen molar-refractivity contribution in [1.82, 2.24) is 5.32 Å². The number of ether oxygens (including phenoxy) is 1. The molecule has 1 unspecified atom stereocenters. The molecule has 0 saturated carbocycles. The molecule has 1 aromatic carbocycles. The van der Waals surface area contributed by atoms with Gasteiger partial charge in [-0.3, -0.25) is 9.59 Å². The van der Waals surface area contributed by atoms with Gasteiger partial charge in [0.1, 0.15) is 11.3 Å². The van der Waals surface area contributed by atoms with Crippen LogP contribution in [0.3, 0.4) is 0 Å². The third-order valence-corrected chi connectivity index (χ3v) is 3.71. The van der Waals surface area contributed by atoms with E-state index in [1.807, 2.05) is 0 Å². The smallest absolute Gasteiger partial charge is 0.416 e. The molecule has 0 aromatic heterocycles. The van der Waals surface area contributed by atoms with Crippen LogP contribution in [0.5, 0.6) is 5.75 Å². The molecule has 1 aromatic rings. The number of hydrogen-bond acceptors (Lipinski definition) is 3. The monoisotopic (exact) mass is 414 g/mol. The maximum atomic E-state index is 12.8. The first-order valence-corrected chi connectivity index (χ1v) is 8.08. The van der Waals surface area contributed by atoms with Crippen LogP contribution in [0.4, 0.5) is 26.3 Å². The molecule has 0 spiro atoms.